The van der Waals surface area contributed by atoms with Crippen LogP contribution in [-0.2, 0) is 24.3 Å². The lowest BCUT2D eigenvalue weighted by Crippen LogP contribution is -2.52. The van der Waals surface area contributed by atoms with E-state index in [9.17, 15) is 22.8 Å². The largest absolute Gasteiger partial charge is 0.454 e. The van der Waals surface area contributed by atoms with Gasteiger partial charge in [-0.15, -0.1) is 0 Å². The van der Waals surface area contributed by atoms with Gasteiger partial charge in [-0.1, -0.05) is 30.3 Å². The molecule has 2 heterocycles. The van der Waals surface area contributed by atoms with Crippen molar-refractivity contribution in [2.24, 2.45) is 4.99 Å². The summed E-state index contributed by atoms with van der Waals surface area (Å²) >= 11 is 0. The van der Waals surface area contributed by atoms with Gasteiger partial charge in [0.25, 0.3) is 15.9 Å². The second-order valence-corrected chi connectivity index (χ2v) is 9.24. The Morgan fingerprint density at radius 3 is 2.32 bits per heavy atom. The minimum Gasteiger partial charge on any atom is -0.454 e. The summed E-state index contributed by atoms with van der Waals surface area (Å²) in [5.41, 5.74) is 1.07. The van der Waals surface area contributed by atoms with Crippen molar-refractivity contribution in [1.82, 2.24) is 14.5 Å². The number of hydrogen-bond donors (Lipinski definition) is 2. The summed E-state index contributed by atoms with van der Waals surface area (Å²) in [6.45, 7) is 0.450. The maximum absolute atomic E-state index is 12.4. The molecule has 2 aromatic rings. The smallest absolute Gasteiger partial charge is 0.328 e. The first-order chi connectivity index (χ1) is 16.3. The minimum absolute atomic E-state index is 0.0591. The van der Waals surface area contributed by atoms with Crippen molar-refractivity contribution < 1.29 is 27.5 Å². The highest BCUT2D eigenvalue weighted by atomic mass is 32.2. The molecule has 3 amide bonds. The first-order valence-corrected chi connectivity index (χ1v) is 12.0. The number of anilines is 1. The number of urea groups is 1. The van der Waals surface area contributed by atoms with Crippen LogP contribution in [0.3, 0.4) is 0 Å². The molecular weight excluding hydrogens is 462 g/mol. The molecule has 11 nitrogen and oxygen atoms in total. The van der Waals surface area contributed by atoms with Gasteiger partial charge >= 0.3 is 12.0 Å². The lowest BCUT2D eigenvalue weighted by atomic mass is 10.2. The minimum atomic E-state index is -3.70. The van der Waals surface area contributed by atoms with Crippen LogP contribution in [0.2, 0.25) is 0 Å². The number of nitrogens with zero attached hydrogens (tertiary/aromatic N) is 3. The van der Waals surface area contributed by atoms with Crippen molar-refractivity contribution in [3.8, 4) is 0 Å². The number of hydrogen-bond acceptors (Lipinski definition) is 7. The number of rotatable bonds is 5. The Bertz CT molecular complexity index is 1220. The maximum atomic E-state index is 12.4. The molecular formula is C22H23N5O6S. The number of benzene rings is 2. The Labute approximate surface area is 196 Å². The number of nitrogens with one attached hydrogen (secondary N) is 2. The molecule has 0 unspecified atom stereocenters. The maximum Gasteiger partial charge on any atom is 0.328 e. The molecule has 12 heteroatoms. The number of amidine groups is 1. The van der Waals surface area contributed by atoms with Crippen LogP contribution in [-0.4, -0.2) is 81.3 Å². The normalized spacial score (nSPS) is 17.6. The highest BCUT2D eigenvalue weighted by molar-refractivity contribution is 7.90. The molecule has 0 atom stereocenters. The fourth-order valence-corrected chi connectivity index (χ4v) is 4.81. The van der Waals surface area contributed by atoms with Crippen LogP contribution in [0.5, 0.6) is 0 Å². The van der Waals surface area contributed by atoms with E-state index in [0.29, 0.717) is 37.4 Å². The summed E-state index contributed by atoms with van der Waals surface area (Å²) in [7, 11) is -3.70. The van der Waals surface area contributed by atoms with Gasteiger partial charge in [-0.3, -0.25) is 19.3 Å². The van der Waals surface area contributed by atoms with E-state index in [1.54, 1.807) is 35.2 Å². The standard InChI is InChI=1S/C22H23N5O6S/c28-19(26-10-12-27(13-11-26)22(30)24-16-6-2-1-3-7-16)15-33-20(29)14-23-21-17-8-4-5-9-18(17)34(31,32)25-21/h1-9H,10-15H2,(H,23,25)(H,24,30). The number of carbonyl (C=O) groups excluding carboxylic acids is 3. The number of fused-ring (bicyclic) bond motifs is 1. The number of piperazine rings is 1. The second-order valence-electron chi connectivity index (χ2n) is 7.59. The molecule has 2 N–H and O–H groups in total. The van der Waals surface area contributed by atoms with Gasteiger partial charge in [0.05, 0.1) is 4.90 Å². The van der Waals surface area contributed by atoms with Crippen molar-refractivity contribution >= 4 is 39.5 Å². The highest BCUT2D eigenvalue weighted by Gasteiger charge is 2.30. The Morgan fingerprint density at radius 2 is 1.59 bits per heavy atom. The lowest BCUT2D eigenvalue weighted by Gasteiger charge is -2.34. The summed E-state index contributed by atoms with van der Waals surface area (Å²) < 4.78 is 31.4. The summed E-state index contributed by atoms with van der Waals surface area (Å²) in [5, 5.41) is 2.80. The fourth-order valence-electron chi connectivity index (χ4n) is 3.56. The van der Waals surface area contributed by atoms with Gasteiger partial charge in [-0.05, 0) is 24.3 Å². The number of aliphatic imine (C=N–C) groups is 1. The van der Waals surface area contributed by atoms with E-state index < -0.39 is 29.1 Å². The summed E-state index contributed by atoms with van der Waals surface area (Å²) in [6.07, 6.45) is 0. The van der Waals surface area contributed by atoms with Crippen LogP contribution in [0.25, 0.3) is 0 Å². The SMILES string of the molecule is O=C(CN=C1NS(=O)(=O)c2ccccc21)OCC(=O)N1CCN(C(=O)Nc2ccccc2)CC1. The highest BCUT2D eigenvalue weighted by Crippen LogP contribution is 2.22. The molecule has 1 fully saturated rings. The third kappa shape index (κ3) is 5.34. The zero-order chi connectivity index (χ0) is 24.1. The Morgan fingerprint density at radius 1 is 0.941 bits per heavy atom. The van der Waals surface area contributed by atoms with Crippen molar-refractivity contribution in [3.63, 3.8) is 0 Å². The molecule has 1 saturated heterocycles. The second kappa shape index (κ2) is 9.91. The van der Waals surface area contributed by atoms with Crippen molar-refractivity contribution in [3.05, 3.63) is 60.2 Å². The van der Waals surface area contributed by atoms with Crippen LogP contribution in [0, 0.1) is 0 Å². The van der Waals surface area contributed by atoms with E-state index in [-0.39, 0.29) is 22.7 Å². The van der Waals surface area contributed by atoms with Gasteiger partial charge < -0.3 is 19.9 Å². The Balaban J connectivity index is 1.21. The quantitative estimate of drug-likeness (QED) is 0.597. The average Bonchev–Trinajstić information content (AvgIpc) is 3.12. The van der Waals surface area contributed by atoms with Crippen molar-refractivity contribution in [2.75, 3.05) is 44.6 Å². The number of para-hydroxylation sites is 1. The number of amides is 3. The number of sulfonamides is 1. The van der Waals surface area contributed by atoms with E-state index >= 15 is 0 Å². The molecule has 178 valence electrons. The third-order valence-electron chi connectivity index (χ3n) is 5.33. The molecule has 0 bridgehead atoms. The first-order valence-electron chi connectivity index (χ1n) is 10.5. The van der Waals surface area contributed by atoms with Gasteiger partial charge in [-0.2, -0.15) is 0 Å². The predicted molar refractivity (Wildman–Crippen MR) is 123 cm³/mol. The number of carbonyl (C=O) groups is 3. The molecule has 0 aliphatic carbocycles. The van der Waals surface area contributed by atoms with E-state index in [2.05, 4.69) is 15.0 Å². The summed E-state index contributed by atoms with van der Waals surface area (Å²) in [5.74, 6) is -1.08. The molecule has 2 aromatic carbocycles. The molecule has 4 rings (SSSR count). The van der Waals surface area contributed by atoms with Crippen LogP contribution in [0.4, 0.5) is 10.5 Å². The van der Waals surface area contributed by atoms with E-state index in [0.717, 1.165) is 0 Å². The first kappa shape index (κ1) is 23.2. The monoisotopic (exact) mass is 485 g/mol. The van der Waals surface area contributed by atoms with Gasteiger partial charge in [0, 0.05) is 37.4 Å². The van der Waals surface area contributed by atoms with Crippen molar-refractivity contribution in [2.45, 2.75) is 4.90 Å². The van der Waals surface area contributed by atoms with Gasteiger partial charge in [-0.25, -0.2) is 13.2 Å². The molecule has 0 aromatic heterocycles. The average molecular weight is 486 g/mol. The summed E-state index contributed by atoms with van der Waals surface area (Å²) in [6, 6.07) is 15.1. The molecule has 2 aliphatic rings. The van der Waals surface area contributed by atoms with Gasteiger partial charge in [0.1, 0.15) is 12.4 Å². The molecule has 34 heavy (non-hydrogen) atoms. The zero-order valence-electron chi connectivity index (χ0n) is 18.1. The van der Waals surface area contributed by atoms with Crippen LogP contribution >= 0.6 is 0 Å². The number of esters is 1. The molecule has 0 saturated carbocycles. The Kier molecular flexibility index (Phi) is 6.77. The van der Waals surface area contributed by atoms with E-state index in [1.807, 2.05) is 18.2 Å². The molecule has 2 aliphatic heterocycles. The molecule has 0 spiro atoms. The third-order valence-corrected chi connectivity index (χ3v) is 6.73. The molecule has 0 radical (unpaired) electrons. The zero-order valence-corrected chi connectivity index (χ0v) is 19.0. The number of ether oxygens (including phenoxy) is 1. The summed E-state index contributed by atoms with van der Waals surface area (Å²) in [4.78, 5) is 44.0. The lowest BCUT2D eigenvalue weighted by molar-refractivity contribution is -0.151. The van der Waals surface area contributed by atoms with Crippen LogP contribution in [0.15, 0.2) is 64.5 Å². The van der Waals surface area contributed by atoms with Crippen molar-refractivity contribution in [1.29, 1.82) is 0 Å². The van der Waals surface area contributed by atoms with E-state index in [1.165, 1.54) is 11.0 Å². The van der Waals surface area contributed by atoms with Gasteiger partial charge in [0.15, 0.2) is 6.61 Å². The fraction of sp³-hybridized carbons (Fsp3) is 0.273. The predicted octanol–water partition coefficient (Wildman–Crippen LogP) is 0.645. The van der Waals surface area contributed by atoms with Crippen LogP contribution in [0.1, 0.15) is 5.56 Å². The Hall–Kier alpha value is -3.93. The van der Waals surface area contributed by atoms with Crippen LogP contribution < -0.4 is 10.0 Å². The topological polar surface area (TPSA) is 137 Å². The van der Waals surface area contributed by atoms with Gasteiger partial charge in [0.2, 0.25) is 0 Å². The van der Waals surface area contributed by atoms with E-state index in [4.69, 9.17) is 4.74 Å².